The maximum atomic E-state index is 13.0. The number of hydrogen-bond donors (Lipinski definition) is 3. The summed E-state index contributed by atoms with van der Waals surface area (Å²) in [7, 11) is 1.48. The monoisotopic (exact) mass is 404 g/mol. The maximum Gasteiger partial charge on any atom is 0.407 e. The fourth-order valence-corrected chi connectivity index (χ4v) is 4.82. The number of benzene rings is 1. The number of hydrogen-bond acceptors (Lipinski definition) is 4. The lowest BCUT2D eigenvalue weighted by Gasteiger charge is -2.40. The van der Waals surface area contributed by atoms with Crippen LogP contribution in [0.4, 0.5) is 4.79 Å². The number of carbonyl (C=O) groups is 2. The van der Waals surface area contributed by atoms with E-state index in [4.69, 9.17) is 4.74 Å². The molecule has 0 spiro atoms. The second kappa shape index (κ2) is 8.51. The van der Waals surface area contributed by atoms with E-state index < -0.39 is 6.09 Å². The topological polar surface area (TPSA) is 99.1 Å². The van der Waals surface area contributed by atoms with Crippen LogP contribution < -0.4 is 10.1 Å². The summed E-state index contributed by atoms with van der Waals surface area (Å²) in [5.41, 5.74) is 1.11. The molecule has 2 amide bonds. The van der Waals surface area contributed by atoms with E-state index in [0.717, 1.165) is 31.2 Å². The molecule has 1 aromatic rings. The molecule has 0 radical (unpaired) electrons. The lowest BCUT2D eigenvalue weighted by atomic mass is 9.69. The fourth-order valence-electron chi connectivity index (χ4n) is 4.82. The normalized spacial score (nSPS) is 24.3. The number of rotatable bonds is 5. The van der Waals surface area contributed by atoms with Crippen LogP contribution in [0.3, 0.4) is 0 Å². The van der Waals surface area contributed by atoms with Gasteiger partial charge in [-0.2, -0.15) is 0 Å². The predicted octanol–water partition coefficient (Wildman–Crippen LogP) is 3.60. The number of aromatic hydroxyl groups is 1. The molecule has 29 heavy (non-hydrogen) atoms. The van der Waals surface area contributed by atoms with Crippen LogP contribution in [0.5, 0.6) is 11.5 Å². The number of amides is 2. The van der Waals surface area contributed by atoms with Gasteiger partial charge >= 0.3 is 6.09 Å². The van der Waals surface area contributed by atoms with E-state index in [-0.39, 0.29) is 29.5 Å². The van der Waals surface area contributed by atoms with Crippen molar-refractivity contribution < 1.29 is 24.5 Å². The minimum atomic E-state index is -0.932. The van der Waals surface area contributed by atoms with Crippen molar-refractivity contribution in [3.8, 4) is 11.5 Å². The molecule has 7 nitrogen and oxygen atoms in total. The number of ether oxygens (including phenoxy) is 1. The summed E-state index contributed by atoms with van der Waals surface area (Å²) in [6, 6.07) is 4.71. The van der Waals surface area contributed by atoms with Crippen molar-refractivity contribution in [2.24, 2.45) is 17.3 Å². The van der Waals surface area contributed by atoms with Gasteiger partial charge in [0, 0.05) is 19.1 Å². The van der Waals surface area contributed by atoms with Crippen LogP contribution in [0.25, 0.3) is 0 Å². The average molecular weight is 405 g/mol. The Morgan fingerprint density at radius 1 is 1.24 bits per heavy atom. The van der Waals surface area contributed by atoms with E-state index in [2.05, 4.69) is 19.2 Å². The van der Waals surface area contributed by atoms with E-state index in [1.54, 1.807) is 12.1 Å². The molecule has 1 heterocycles. The number of carboxylic acid groups (broad SMARTS) is 1. The molecule has 2 aliphatic rings. The number of methoxy groups -OCH3 is 1. The number of likely N-dealkylation sites (tertiary alicyclic amines) is 1. The molecule has 1 saturated carbocycles. The molecular formula is C22H32N2O5. The number of phenols is 1. The molecule has 1 saturated heterocycles. The highest BCUT2D eigenvalue weighted by molar-refractivity contribution is 5.81. The van der Waals surface area contributed by atoms with Gasteiger partial charge in [-0.3, -0.25) is 4.79 Å². The minimum absolute atomic E-state index is 0.0516. The van der Waals surface area contributed by atoms with Crippen molar-refractivity contribution in [2.45, 2.75) is 58.5 Å². The Labute approximate surface area is 172 Å². The summed E-state index contributed by atoms with van der Waals surface area (Å²) in [6.45, 7) is 5.22. The molecule has 1 aliphatic carbocycles. The van der Waals surface area contributed by atoms with Gasteiger partial charge < -0.3 is 25.2 Å². The zero-order valence-electron chi connectivity index (χ0n) is 17.5. The summed E-state index contributed by atoms with van der Waals surface area (Å²) < 4.78 is 5.11. The zero-order valence-corrected chi connectivity index (χ0v) is 17.5. The molecule has 1 unspecified atom stereocenters. The lowest BCUT2D eigenvalue weighted by Crippen LogP contribution is -2.47. The highest BCUT2D eigenvalue weighted by Crippen LogP contribution is 2.44. The Hall–Kier alpha value is -2.44. The molecule has 2 fully saturated rings. The second-order valence-corrected chi connectivity index (χ2v) is 9.09. The van der Waals surface area contributed by atoms with Crippen LogP contribution in [0, 0.1) is 17.3 Å². The van der Waals surface area contributed by atoms with Crippen molar-refractivity contribution in [3.63, 3.8) is 0 Å². The van der Waals surface area contributed by atoms with Crippen LogP contribution in [-0.2, 0) is 11.3 Å². The molecule has 7 heteroatoms. The van der Waals surface area contributed by atoms with Gasteiger partial charge in [-0.25, -0.2) is 4.79 Å². The summed E-state index contributed by atoms with van der Waals surface area (Å²) >= 11 is 0. The van der Waals surface area contributed by atoms with E-state index in [1.165, 1.54) is 18.1 Å². The first kappa shape index (κ1) is 21.3. The quantitative estimate of drug-likeness (QED) is 0.696. The van der Waals surface area contributed by atoms with E-state index in [0.29, 0.717) is 30.7 Å². The van der Waals surface area contributed by atoms with Crippen LogP contribution in [-0.4, -0.2) is 46.8 Å². The Balaban J connectivity index is 1.68. The molecule has 1 aromatic carbocycles. The van der Waals surface area contributed by atoms with Gasteiger partial charge in [0.15, 0.2) is 11.5 Å². The first-order valence-corrected chi connectivity index (χ1v) is 10.3. The van der Waals surface area contributed by atoms with Crippen LogP contribution in [0.2, 0.25) is 0 Å². The van der Waals surface area contributed by atoms with Crippen molar-refractivity contribution in [2.75, 3.05) is 13.7 Å². The first-order chi connectivity index (χ1) is 13.7. The third-order valence-electron chi connectivity index (χ3n) is 6.61. The van der Waals surface area contributed by atoms with Gasteiger partial charge in [0.25, 0.3) is 0 Å². The van der Waals surface area contributed by atoms with Crippen molar-refractivity contribution in [1.82, 2.24) is 10.2 Å². The largest absolute Gasteiger partial charge is 0.504 e. The van der Waals surface area contributed by atoms with Crippen molar-refractivity contribution >= 4 is 12.0 Å². The van der Waals surface area contributed by atoms with Crippen LogP contribution in [0.1, 0.15) is 51.5 Å². The van der Waals surface area contributed by atoms with Crippen molar-refractivity contribution in [1.29, 1.82) is 0 Å². The smallest absolute Gasteiger partial charge is 0.407 e. The minimum Gasteiger partial charge on any atom is -0.504 e. The van der Waals surface area contributed by atoms with E-state index in [1.807, 2.05) is 0 Å². The number of carbonyl (C=O) groups excluding carboxylic acids is 1. The Kier molecular flexibility index (Phi) is 6.24. The summed E-state index contributed by atoms with van der Waals surface area (Å²) in [4.78, 5) is 26.2. The predicted molar refractivity (Wildman–Crippen MR) is 109 cm³/mol. The summed E-state index contributed by atoms with van der Waals surface area (Å²) in [5.74, 6) is 0.214. The maximum absolute atomic E-state index is 13.0. The van der Waals surface area contributed by atoms with Crippen LogP contribution >= 0.6 is 0 Å². The molecular weight excluding hydrogens is 372 g/mol. The third-order valence-corrected chi connectivity index (χ3v) is 6.61. The molecule has 0 bridgehead atoms. The molecule has 3 rings (SSSR count). The molecule has 160 valence electrons. The van der Waals surface area contributed by atoms with Gasteiger partial charge in [-0.1, -0.05) is 19.9 Å². The second-order valence-electron chi connectivity index (χ2n) is 9.09. The van der Waals surface area contributed by atoms with E-state index >= 15 is 0 Å². The third kappa shape index (κ3) is 4.77. The average Bonchev–Trinajstić information content (AvgIpc) is 3.12. The van der Waals surface area contributed by atoms with Gasteiger partial charge in [0.05, 0.1) is 13.0 Å². The Bertz CT molecular complexity index is 754. The molecule has 0 aromatic heterocycles. The highest BCUT2D eigenvalue weighted by atomic mass is 16.5. The lowest BCUT2D eigenvalue weighted by molar-refractivity contribution is -0.126. The number of nitrogens with one attached hydrogen (secondary N) is 1. The Morgan fingerprint density at radius 2 is 1.93 bits per heavy atom. The van der Waals surface area contributed by atoms with Crippen LogP contribution in [0.15, 0.2) is 18.2 Å². The molecule has 3 N–H and O–H groups in total. The molecule has 1 aliphatic heterocycles. The van der Waals surface area contributed by atoms with E-state index in [9.17, 15) is 19.8 Å². The van der Waals surface area contributed by atoms with Gasteiger partial charge in [-0.15, -0.1) is 0 Å². The zero-order chi connectivity index (χ0) is 21.2. The van der Waals surface area contributed by atoms with Crippen molar-refractivity contribution in [3.05, 3.63) is 23.8 Å². The number of nitrogens with zero attached hydrogens (tertiary/aromatic N) is 1. The SMILES string of the molecule is COc1cc(CNC(=O)C2CCN(C(=O)O)[C@@H]2C2CCC(C)(C)CC2)ccc1O. The summed E-state index contributed by atoms with van der Waals surface area (Å²) in [5, 5.41) is 22.3. The number of phenolic OH excluding ortho intramolecular Hbond substituents is 1. The van der Waals surface area contributed by atoms with Gasteiger partial charge in [0.2, 0.25) is 5.91 Å². The Morgan fingerprint density at radius 3 is 2.55 bits per heavy atom. The molecule has 2 atom stereocenters. The standard InChI is InChI=1S/C22H32N2O5/c1-22(2)9-6-15(7-10-22)19-16(8-11-24(19)21(27)28)20(26)23-13-14-4-5-17(25)18(12-14)29-3/h4-5,12,15-16,19,25H,6-11,13H2,1-3H3,(H,23,26)(H,27,28)/t16?,19-/m1/s1. The van der Waals surface area contributed by atoms with Gasteiger partial charge in [-0.05, 0) is 61.1 Å². The fraction of sp³-hybridized carbons (Fsp3) is 0.636. The highest BCUT2D eigenvalue weighted by Gasteiger charge is 2.46. The first-order valence-electron chi connectivity index (χ1n) is 10.3. The van der Waals surface area contributed by atoms with Gasteiger partial charge in [0.1, 0.15) is 0 Å². The summed E-state index contributed by atoms with van der Waals surface area (Å²) in [6.07, 6.45) is 3.66.